The number of carbonyl (C=O) groups is 1. The summed E-state index contributed by atoms with van der Waals surface area (Å²) in [7, 11) is 3.78. The maximum absolute atomic E-state index is 12.0. The van der Waals surface area contributed by atoms with Crippen molar-refractivity contribution in [2.24, 2.45) is 11.7 Å². The molecule has 0 radical (unpaired) electrons. The van der Waals surface area contributed by atoms with Crippen molar-refractivity contribution in [3.05, 3.63) is 41.0 Å². The van der Waals surface area contributed by atoms with Crippen molar-refractivity contribution in [1.29, 1.82) is 5.26 Å². The number of nitrogens with zero attached hydrogens (tertiary/aromatic N) is 4. The van der Waals surface area contributed by atoms with Gasteiger partial charge in [0.2, 0.25) is 0 Å². The zero-order valence-corrected chi connectivity index (χ0v) is 18.8. The molecule has 8 nitrogen and oxygen atoms in total. The van der Waals surface area contributed by atoms with Crippen LogP contribution >= 0.6 is 11.6 Å². The lowest BCUT2D eigenvalue weighted by molar-refractivity contribution is 0.0597. The standard InChI is InChI=1S/C22H29ClN6O2/c1-14(13-31-3)28(2)18-8-9-20(15(10-18)11-24)29-12-19(21(25)30)22(27-29)26-17-6-4-16(23)5-7-17/h4-7,12,14-15,18,20H,8-10,13H2,1-3H3,(H2,25,30)(H,26,27)/t14?,15-,18+,20?/m1/s1. The number of nitriles is 1. The Hall–Kier alpha value is -2.60. The molecule has 2 unspecified atom stereocenters. The summed E-state index contributed by atoms with van der Waals surface area (Å²) in [6.45, 7) is 2.77. The van der Waals surface area contributed by atoms with Crippen LogP contribution in [0.5, 0.6) is 0 Å². The topological polar surface area (TPSA) is 109 Å². The highest BCUT2D eigenvalue weighted by molar-refractivity contribution is 6.30. The zero-order chi connectivity index (χ0) is 22.5. The van der Waals surface area contributed by atoms with Gasteiger partial charge in [-0.25, -0.2) is 0 Å². The monoisotopic (exact) mass is 444 g/mol. The summed E-state index contributed by atoms with van der Waals surface area (Å²) in [5.74, 6) is -0.419. The number of amides is 1. The number of rotatable bonds is 8. The molecule has 9 heteroatoms. The van der Waals surface area contributed by atoms with E-state index in [4.69, 9.17) is 22.1 Å². The Balaban J connectivity index is 1.79. The molecule has 166 valence electrons. The Morgan fingerprint density at radius 1 is 1.45 bits per heavy atom. The maximum atomic E-state index is 12.0. The first-order valence-electron chi connectivity index (χ1n) is 10.4. The van der Waals surface area contributed by atoms with Crippen LogP contribution in [-0.4, -0.2) is 53.4 Å². The Bertz CT molecular complexity index is 938. The fraction of sp³-hybridized carbons (Fsp3) is 0.500. The average molecular weight is 445 g/mol. The van der Waals surface area contributed by atoms with Gasteiger partial charge in [0, 0.05) is 36.1 Å². The molecule has 1 heterocycles. The predicted octanol–water partition coefficient (Wildman–Crippen LogP) is 3.58. The van der Waals surface area contributed by atoms with Crippen molar-refractivity contribution < 1.29 is 9.53 Å². The molecule has 3 rings (SSSR count). The smallest absolute Gasteiger partial charge is 0.254 e. The first-order valence-corrected chi connectivity index (χ1v) is 10.7. The normalized spacial score (nSPS) is 22.1. The van der Waals surface area contributed by atoms with Crippen molar-refractivity contribution in [3.63, 3.8) is 0 Å². The fourth-order valence-electron chi connectivity index (χ4n) is 4.18. The summed E-state index contributed by atoms with van der Waals surface area (Å²) in [4.78, 5) is 14.3. The molecule has 31 heavy (non-hydrogen) atoms. The average Bonchev–Trinajstić information content (AvgIpc) is 3.18. The summed E-state index contributed by atoms with van der Waals surface area (Å²) >= 11 is 5.94. The Kier molecular flexibility index (Phi) is 7.55. The van der Waals surface area contributed by atoms with Crippen molar-refractivity contribution in [1.82, 2.24) is 14.7 Å². The Labute approximate surface area is 187 Å². The molecule has 0 bridgehead atoms. The minimum absolute atomic E-state index is 0.119. The minimum Gasteiger partial charge on any atom is -0.383 e. The number of hydrogen-bond donors (Lipinski definition) is 2. The van der Waals surface area contributed by atoms with Gasteiger partial charge in [-0.3, -0.25) is 14.4 Å². The largest absolute Gasteiger partial charge is 0.383 e. The van der Waals surface area contributed by atoms with Crippen LogP contribution in [0, 0.1) is 17.2 Å². The van der Waals surface area contributed by atoms with E-state index in [9.17, 15) is 10.1 Å². The number of ether oxygens (including phenoxy) is 1. The maximum Gasteiger partial charge on any atom is 0.254 e. The van der Waals surface area contributed by atoms with E-state index < -0.39 is 5.91 Å². The van der Waals surface area contributed by atoms with Crippen molar-refractivity contribution in [3.8, 4) is 6.07 Å². The summed E-state index contributed by atoms with van der Waals surface area (Å²) in [6, 6.07) is 9.99. The number of aromatic nitrogens is 2. The van der Waals surface area contributed by atoms with Crippen LogP contribution in [0.2, 0.25) is 5.02 Å². The van der Waals surface area contributed by atoms with Crippen molar-refractivity contribution in [2.45, 2.75) is 44.3 Å². The van der Waals surface area contributed by atoms with E-state index in [1.807, 2.05) is 0 Å². The molecule has 0 aliphatic heterocycles. The van der Waals surface area contributed by atoms with Gasteiger partial charge >= 0.3 is 0 Å². The zero-order valence-electron chi connectivity index (χ0n) is 18.1. The van der Waals surface area contributed by atoms with E-state index in [0.717, 1.165) is 24.9 Å². The highest BCUT2D eigenvalue weighted by Crippen LogP contribution is 2.37. The number of methoxy groups -OCH3 is 1. The molecule has 2 aromatic rings. The lowest BCUT2D eigenvalue weighted by Gasteiger charge is -2.39. The molecule has 1 fully saturated rings. The van der Waals surface area contributed by atoms with Gasteiger partial charge in [-0.2, -0.15) is 10.4 Å². The molecule has 3 N–H and O–H groups in total. The third-order valence-electron chi connectivity index (χ3n) is 6.08. The van der Waals surface area contributed by atoms with E-state index in [1.54, 1.807) is 42.3 Å². The first kappa shape index (κ1) is 23.1. The third kappa shape index (κ3) is 5.37. The molecule has 1 aliphatic rings. The van der Waals surface area contributed by atoms with Gasteiger partial charge in [-0.05, 0) is 57.5 Å². The molecule has 4 atom stereocenters. The lowest BCUT2D eigenvalue weighted by atomic mass is 9.81. The van der Waals surface area contributed by atoms with Crippen molar-refractivity contribution >= 4 is 29.0 Å². The van der Waals surface area contributed by atoms with Crippen LogP contribution in [0.3, 0.4) is 0 Å². The minimum atomic E-state index is -0.571. The third-order valence-corrected chi connectivity index (χ3v) is 6.33. The molecule has 1 aromatic carbocycles. The van der Waals surface area contributed by atoms with E-state index in [2.05, 4.69) is 35.4 Å². The first-order chi connectivity index (χ1) is 14.8. The van der Waals surface area contributed by atoms with Crippen LogP contribution in [-0.2, 0) is 4.74 Å². The highest BCUT2D eigenvalue weighted by Gasteiger charge is 2.35. The molecule has 1 amide bonds. The molecule has 1 aliphatic carbocycles. The molecular formula is C22H29ClN6O2. The lowest BCUT2D eigenvalue weighted by Crippen LogP contribution is -2.45. The van der Waals surface area contributed by atoms with Crippen LogP contribution < -0.4 is 11.1 Å². The number of primary amides is 1. The van der Waals surface area contributed by atoms with E-state index in [0.29, 0.717) is 29.1 Å². The number of hydrogen-bond acceptors (Lipinski definition) is 6. The second kappa shape index (κ2) is 10.1. The van der Waals surface area contributed by atoms with Crippen LogP contribution in [0.25, 0.3) is 0 Å². The predicted molar refractivity (Wildman–Crippen MR) is 120 cm³/mol. The van der Waals surface area contributed by atoms with E-state index in [-0.39, 0.29) is 18.0 Å². The molecule has 0 spiro atoms. The number of halogens is 1. The molecule has 0 saturated heterocycles. The quantitative estimate of drug-likeness (QED) is 0.644. The number of likely N-dealkylation sites (N-methyl/N-ethyl adjacent to an activating group) is 1. The summed E-state index contributed by atoms with van der Waals surface area (Å²) < 4.78 is 7.00. The second-order valence-electron chi connectivity index (χ2n) is 8.11. The summed E-state index contributed by atoms with van der Waals surface area (Å²) in [5, 5.41) is 18.2. The summed E-state index contributed by atoms with van der Waals surface area (Å²) in [6.07, 6.45) is 4.09. The van der Waals surface area contributed by atoms with Crippen LogP contribution in [0.15, 0.2) is 30.5 Å². The fourth-order valence-corrected chi connectivity index (χ4v) is 4.31. The van der Waals surface area contributed by atoms with Gasteiger partial charge in [0.15, 0.2) is 5.82 Å². The van der Waals surface area contributed by atoms with Crippen LogP contribution in [0.1, 0.15) is 42.6 Å². The van der Waals surface area contributed by atoms with Crippen molar-refractivity contribution in [2.75, 3.05) is 26.1 Å². The number of nitrogens with one attached hydrogen (secondary N) is 1. The van der Waals surface area contributed by atoms with Gasteiger partial charge in [0.25, 0.3) is 5.91 Å². The van der Waals surface area contributed by atoms with Gasteiger partial charge in [-0.15, -0.1) is 0 Å². The van der Waals surface area contributed by atoms with E-state index >= 15 is 0 Å². The number of nitrogens with two attached hydrogens (primary N) is 1. The second-order valence-corrected chi connectivity index (χ2v) is 8.54. The van der Waals surface area contributed by atoms with Gasteiger partial charge in [-0.1, -0.05) is 11.6 Å². The Morgan fingerprint density at radius 2 is 2.16 bits per heavy atom. The van der Waals surface area contributed by atoms with Gasteiger partial charge in [0.1, 0.15) is 5.56 Å². The van der Waals surface area contributed by atoms with Crippen LogP contribution in [0.4, 0.5) is 11.5 Å². The molecule has 1 aromatic heterocycles. The highest BCUT2D eigenvalue weighted by atomic mass is 35.5. The Morgan fingerprint density at radius 3 is 2.77 bits per heavy atom. The molecular weight excluding hydrogens is 416 g/mol. The SMILES string of the molecule is COCC(C)N(C)[C@H]1CCC(n2cc(C(N)=O)c(Nc3ccc(Cl)cc3)n2)[C@@H](C#N)C1. The number of benzene rings is 1. The summed E-state index contributed by atoms with van der Waals surface area (Å²) in [5.41, 5.74) is 6.62. The number of anilines is 2. The van der Waals surface area contributed by atoms with E-state index in [1.165, 1.54) is 0 Å². The van der Waals surface area contributed by atoms with Gasteiger partial charge in [0.05, 0.1) is 24.6 Å². The van der Waals surface area contributed by atoms with Gasteiger partial charge < -0.3 is 15.8 Å². The number of carbonyl (C=O) groups excluding carboxylic acids is 1. The molecule has 1 saturated carbocycles.